The third-order valence-electron chi connectivity index (χ3n) is 4.10. The minimum absolute atomic E-state index is 0.00402. The lowest BCUT2D eigenvalue weighted by Gasteiger charge is -2.19. The van der Waals surface area contributed by atoms with E-state index in [0.717, 1.165) is 17.8 Å². The number of aromatic nitrogens is 2. The van der Waals surface area contributed by atoms with Crippen molar-refractivity contribution in [2.24, 2.45) is 0 Å². The van der Waals surface area contributed by atoms with Crippen LogP contribution in [0.2, 0.25) is 0 Å². The average molecular weight is 388 g/mol. The van der Waals surface area contributed by atoms with Gasteiger partial charge >= 0.3 is 6.18 Å². The number of hydrogen-bond acceptors (Lipinski definition) is 3. The molecule has 2 aromatic carbocycles. The van der Waals surface area contributed by atoms with E-state index in [1.54, 1.807) is 36.1 Å². The zero-order valence-electron chi connectivity index (χ0n) is 15.4. The van der Waals surface area contributed by atoms with Gasteiger partial charge in [-0.15, -0.1) is 0 Å². The Morgan fingerprint density at radius 3 is 2.50 bits per heavy atom. The summed E-state index contributed by atoms with van der Waals surface area (Å²) in [7, 11) is 3.39. The molecule has 1 heterocycles. The third kappa shape index (κ3) is 4.51. The van der Waals surface area contributed by atoms with Crippen LogP contribution < -0.4 is 10.2 Å². The molecule has 0 aliphatic rings. The predicted octanol–water partition coefficient (Wildman–Crippen LogP) is 4.14. The van der Waals surface area contributed by atoms with Crippen molar-refractivity contribution < 1.29 is 18.0 Å². The Hall–Kier alpha value is -3.29. The zero-order valence-corrected chi connectivity index (χ0v) is 15.4. The van der Waals surface area contributed by atoms with E-state index in [0.29, 0.717) is 11.3 Å². The fourth-order valence-electron chi connectivity index (χ4n) is 2.76. The van der Waals surface area contributed by atoms with Crippen molar-refractivity contribution in [3.8, 4) is 5.69 Å². The maximum Gasteiger partial charge on any atom is 0.416 e. The normalized spacial score (nSPS) is 11.3. The van der Waals surface area contributed by atoms with Gasteiger partial charge in [-0.05, 0) is 35.9 Å². The van der Waals surface area contributed by atoms with Gasteiger partial charge in [0.2, 0.25) is 5.91 Å². The predicted molar refractivity (Wildman–Crippen MR) is 102 cm³/mol. The third-order valence-corrected chi connectivity index (χ3v) is 4.10. The van der Waals surface area contributed by atoms with E-state index in [1.165, 1.54) is 6.07 Å². The highest BCUT2D eigenvalue weighted by Crippen LogP contribution is 2.35. The van der Waals surface area contributed by atoms with Crippen molar-refractivity contribution in [3.63, 3.8) is 0 Å². The summed E-state index contributed by atoms with van der Waals surface area (Å²) in [4.78, 5) is 14.1. The van der Waals surface area contributed by atoms with Gasteiger partial charge in [0.25, 0.3) is 0 Å². The van der Waals surface area contributed by atoms with Gasteiger partial charge in [0, 0.05) is 20.3 Å². The van der Waals surface area contributed by atoms with Gasteiger partial charge in [-0.2, -0.15) is 18.3 Å². The molecule has 8 heteroatoms. The number of nitrogens with one attached hydrogen (secondary N) is 1. The van der Waals surface area contributed by atoms with Crippen molar-refractivity contribution in [2.75, 3.05) is 24.3 Å². The number of nitrogens with zero attached hydrogens (tertiary/aromatic N) is 3. The Kier molecular flexibility index (Phi) is 5.39. The molecule has 28 heavy (non-hydrogen) atoms. The van der Waals surface area contributed by atoms with Gasteiger partial charge in [0.1, 0.15) is 0 Å². The Balaban J connectivity index is 1.77. The number of benzene rings is 2. The molecule has 0 spiro atoms. The molecule has 0 fully saturated rings. The SMILES string of the molecule is CN(C)c1ccc(C(F)(F)F)cc1NC(=O)Cc1cnn(-c2ccccc2)c1. The van der Waals surface area contributed by atoms with Crippen LogP contribution in [0.5, 0.6) is 0 Å². The molecule has 5 nitrogen and oxygen atoms in total. The minimum atomic E-state index is -4.48. The highest BCUT2D eigenvalue weighted by molar-refractivity contribution is 5.95. The lowest BCUT2D eigenvalue weighted by molar-refractivity contribution is -0.137. The monoisotopic (exact) mass is 388 g/mol. The number of para-hydroxylation sites is 1. The number of anilines is 2. The summed E-state index contributed by atoms with van der Waals surface area (Å²) in [5, 5.41) is 6.80. The Bertz CT molecular complexity index is 965. The molecule has 146 valence electrons. The second kappa shape index (κ2) is 7.75. The van der Waals surface area contributed by atoms with Crippen LogP contribution in [-0.2, 0) is 17.4 Å². The molecular formula is C20H19F3N4O. The van der Waals surface area contributed by atoms with Gasteiger partial charge in [-0.1, -0.05) is 18.2 Å². The molecular weight excluding hydrogens is 369 g/mol. The molecule has 0 unspecified atom stereocenters. The van der Waals surface area contributed by atoms with E-state index in [1.807, 2.05) is 30.3 Å². The number of carbonyl (C=O) groups is 1. The number of rotatable bonds is 5. The molecule has 1 N–H and O–H groups in total. The van der Waals surface area contributed by atoms with Crippen LogP contribution in [0.4, 0.5) is 24.5 Å². The zero-order chi connectivity index (χ0) is 20.3. The second-order valence-electron chi connectivity index (χ2n) is 6.48. The first kappa shape index (κ1) is 19.5. The first-order valence-electron chi connectivity index (χ1n) is 8.51. The van der Waals surface area contributed by atoms with Crippen LogP contribution in [0, 0.1) is 0 Å². The first-order chi connectivity index (χ1) is 13.2. The number of hydrogen-bond donors (Lipinski definition) is 1. The van der Waals surface area contributed by atoms with Crippen LogP contribution >= 0.6 is 0 Å². The molecule has 0 atom stereocenters. The lowest BCUT2D eigenvalue weighted by atomic mass is 10.1. The summed E-state index contributed by atoms with van der Waals surface area (Å²) in [5.41, 5.74) is 1.29. The summed E-state index contributed by atoms with van der Waals surface area (Å²) in [6.45, 7) is 0. The molecule has 0 aliphatic carbocycles. The largest absolute Gasteiger partial charge is 0.416 e. The molecule has 1 aromatic heterocycles. The van der Waals surface area contributed by atoms with Gasteiger partial charge in [0.15, 0.2) is 0 Å². The lowest BCUT2D eigenvalue weighted by Crippen LogP contribution is -2.19. The van der Waals surface area contributed by atoms with Crippen molar-refractivity contribution in [2.45, 2.75) is 12.6 Å². The van der Waals surface area contributed by atoms with Gasteiger partial charge < -0.3 is 10.2 Å². The van der Waals surface area contributed by atoms with Crippen LogP contribution in [0.15, 0.2) is 60.9 Å². The summed E-state index contributed by atoms with van der Waals surface area (Å²) < 4.78 is 40.7. The van der Waals surface area contributed by atoms with E-state index in [4.69, 9.17) is 0 Å². The van der Waals surface area contributed by atoms with Crippen molar-refractivity contribution in [3.05, 3.63) is 72.1 Å². The van der Waals surface area contributed by atoms with Gasteiger partial charge in [-0.3, -0.25) is 4.79 Å². The van der Waals surface area contributed by atoms with Crippen molar-refractivity contribution >= 4 is 17.3 Å². The van der Waals surface area contributed by atoms with E-state index in [9.17, 15) is 18.0 Å². The number of halogens is 3. The Morgan fingerprint density at radius 1 is 1.14 bits per heavy atom. The van der Waals surface area contributed by atoms with Crippen LogP contribution in [0.1, 0.15) is 11.1 Å². The fourth-order valence-corrected chi connectivity index (χ4v) is 2.76. The average Bonchev–Trinajstić information content (AvgIpc) is 3.09. The molecule has 3 aromatic rings. The van der Waals surface area contributed by atoms with Crippen molar-refractivity contribution in [1.29, 1.82) is 0 Å². The maximum absolute atomic E-state index is 13.0. The van der Waals surface area contributed by atoms with E-state index in [2.05, 4.69) is 10.4 Å². The second-order valence-corrected chi connectivity index (χ2v) is 6.48. The topological polar surface area (TPSA) is 50.2 Å². The maximum atomic E-state index is 13.0. The molecule has 0 saturated carbocycles. The van der Waals surface area contributed by atoms with E-state index in [-0.39, 0.29) is 12.1 Å². The molecule has 3 rings (SSSR count). The highest BCUT2D eigenvalue weighted by Gasteiger charge is 2.31. The molecule has 0 aliphatic heterocycles. The standard InChI is InChI=1S/C20H19F3N4O/c1-26(2)18-9-8-15(20(21,22)23)11-17(18)25-19(28)10-14-12-24-27(13-14)16-6-4-3-5-7-16/h3-9,11-13H,10H2,1-2H3,(H,25,28). The Morgan fingerprint density at radius 2 is 1.86 bits per heavy atom. The van der Waals surface area contributed by atoms with E-state index < -0.39 is 17.6 Å². The van der Waals surface area contributed by atoms with Crippen molar-refractivity contribution in [1.82, 2.24) is 9.78 Å². The minimum Gasteiger partial charge on any atom is -0.376 e. The van der Waals surface area contributed by atoms with Crippen LogP contribution in [-0.4, -0.2) is 29.8 Å². The summed E-state index contributed by atoms with van der Waals surface area (Å²) >= 11 is 0. The quantitative estimate of drug-likeness (QED) is 0.715. The van der Waals surface area contributed by atoms with Crippen LogP contribution in [0.3, 0.4) is 0 Å². The molecule has 0 bridgehead atoms. The molecule has 0 radical (unpaired) electrons. The summed E-state index contributed by atoms with van der Waals surface area (Å²) in [6.07, 6.45) is -1.21. The summed E-state index contributed by atoms with van der Waals surface area (Å²) in [5.74, 6) is -0.421. The summed E-state index contributed by atoms with van der Waals surface area (Å²) in [6, 6.07) is 12.7. The fraction of sp³-hybridized carbons (Fsp3) is 0.200. The Labute approximate surface area is 160 Å². The molecule has 0 saturated heterocycles. The van der Waals surface area contributed by atoms with Gasteiger partial charge in [0.05, 0.1) is 35.2 Å². The number of alkyl halides is 3. The van der Waals surface area contributed by atoms with E-state index >= 15 is 0 Å². The first-order valence-corrected chi connectivity index (χ1v) is 8.51. The number of carbonyl (C=O) groups excluding carboxylic acids is 1. The van der Waals surface area contributed by atoms with Crippen LogP contribution in [0.25, 0.3) is 5.69 Å². The van der Waals surface area contributed by atoms with Gasteiger partial charge in [-0.25, -0.2) is 4.68 Å². The smallest absolute Gasteiger partial charge is 0.376 e. The molecule has 1 amide bonds. The number of amides is 1. The highest BCUT2D eigenvalue weighted by atomic mass is 19.4.